The normalized spacial score (nSPS) is 15.5. The number of hydrogen-bond acceptors (Lipinski definition) is 6. The molecular formula is C16H18ClN3O3S. The first kappa shape index (κ1) is 17.1. The third-order valence-corrected chi connectivity index (χ3v) is 4.94. The molecular weight excluding hydrogens is 350 g/mol. The van der Waals surface area contributed by atoms with Gasteiger partial charge in [0.25, 0.3) is 0 Å². The molecule has 2 aromatic rings. The van der Waals surface area contributed by atoms with Crippen molar-refractivity contribution in [1.82, 2.24) is 9.97 Å². The van der Waals surface area contributed by atoms with Gasteiger partial charge in [0.15, 0.2) is 0 Å². The number of rotatable bonds is 4. The summed E-state index contributed by atoms with van der Waals surface area (Å²) >= 11 is 6.34. The summed E-state index contributed by atoms with van der Waals surface area (Å²) in [7, 11) is -3.54. The van der Waals surface area contributed by atoms with Gasteiger partial charge in [-0.25, -0.2) is 18.4 Å². The smallest absolute Gasteiger partial charge is 0.250 e. The average Bonchev–Trinajstić information content (AvgIpc) is 2.57. The Kier molecular flexibility index (Phi) is 5.03. The van der Waals surface area contributed by atoms with Crippen molar-refractivity contribution in [2.75, 3.05) is 37.5 Å². The number of aromatic nitrogens is 2. The van der Waals surface area contributed by atoms with E-state index in [0.29, 0.717) is 38.5 Å². The van der Waals surface area contributed by atoms with E-state index in [4.69, 9.17) is 16.3 Å². The van der Waals surface area contributed by atoms with Crippen LogP contribution in [0.4, 0.5) is 5.82 Å². The quantitative estimate of drug-likeness (QED) is 0.607. The molecule has 0 amide bonds. The summed E-state index contributed by atoms with van der Waals surface area (Å²) < 4.78 is 29.1. The second-order valence-electron chi connectivity index (χ2n) is 5.63. The number of halogens is 1. The van der Waals surface area contributed by atoms with Crippen LogP contribution < -0.4 is 4.90 Å². The summed E-state index contributed by atoms with van der Waals surface area (Å²) in [5.74, 6) is 0.572. The first-order chi connectivity index (χ1) is 11.4. The first-order valence-corrected chi connectivity index (χ1v) is 9.85. The molecule has 1 aromatic heterocycles. The zero-order chi connectivity index (χ0) is 17.2. The second kappa shape index (κ2) is 7.04. The lowest BCUT2D eigenvalue weighted by molar-refractivity contribution is 0.122. The zero-order valence-corrected chi connectivity index (χ0v) is 14.8. The highest BCUT2D eigenvalue weighted by Crippen LogP contribution is 2.29. The van der Waals surface area contributed by atoms with Crippen molar-refractivity contribution in [3.63, 3.8) is 0 Å². The number of morpholine rings is 1. The van der Waals surface area contributed by atoms with Crippen LogP contribution in [0.1, 0.15) is 11.1 Å². The molecule has 24 heavy (non-hydrogen) atoms. The summed E-state index contributed by atoms with van der Waals surface area (Å²) in [4.78, 5) is 10.3. The molecule has 0 unspecified atom stereocenters. The number of benzene rings is 1. The Balaban J connectivity index is 2.08. The van der Waals surface area contributed by atoms with Crippen molar-refractivity contribution >= 4 is 27.3 Å². The third-order valence-electron chi connectivity index (χ3n) is 3.78. The minimum Gasteiger partial charge on any atom is -0.378 e. The van der Waals surface area contributed by atoms with E-state index in [1.807, 2.05) is 35.2 Å². The van der Waals surface area contributed by atoms with Gasteiger partial charge in [-0.2, -0.15) is 0 Å². The van der Waals surface area contributed by atoms with Crippen LogP contribution in [-0.2, 0) is 21.0 Å². The Labute approximate surface area is 146 Å². The maximum atomic E-state index is 11.9. The number of sulfone groups is 1. The molecule has 0 radical (unpaired) electrons. The van der Waals surface area contributed by atoms with Gasteiger partial charge in [-0.05, 0) is 5.56 Å². The number of hydrogen-bond donors (Lipinski definition) is 0. The molecule has 0 aliphatic carbocycles. The third kappa shape index (κ3) is 3.85. The van der Waals surface area contributed by atoms with Crippen molar-refractivity contribution in [2.45, 2.75) is 11.6 Å². The molecule has 128 valence electrons. The van der Waals surface area contributed by atoms with Crippen LogP contribution in [0.25, 0.3) is 0 Å². The molecule has 0 N–H and O–H groups in total. The van der Waals surface area contributed by atoms with Gasteiger partial charge in [0, 0.05) is 31.3 Å². The predicted octanol–water partition coefficient (Wildman–Crippen LogP) is 1.96. The zero-order valence-electron chi connectivity index (χ0n) is 13.3. The Bertz CT molecular complexity index is 822. The van der Waals surface area contributed by atoms with E-state index in [-0.39, 0.29) is 10.3 Å². The minimum absolute atomic E-state index is 0.177. The van der Waals surface area contributed by atoms with Crippen molar-refractivity contribution in [3.05, 3.63) is 46.6 Å². The largest absolute Gasteiger partial charge is 0.378 e. The molecule has 1 saturated heterocycles. The van der Waals surface area contributed by atoms with Crippen LogP contribution in [0, 0.1) is 0 Å². The minimum atomic E-state index is -3.54. The Morgan fingerprint density at radius 1 is 1.17 bits per heavy atom. The standard InChI is InChI=1S/C16H18ClN3O3S/c1-24(21,22)16-18-14(17)13(11-12-5-3-2-4-6-12)15(19-16)20-7-9-23-10-8-20/h2-6H,7-11H2,1H3. The molecule has 0 spiro atoms. The molecule has 1 aromatic carbocycles. The highest BCUT2D eigenvalue weighted by molar-refractivity contribution is 7.90. The lowest BCUT2D eigenvalue weighted by atomic mass is 10.1. The number of anilines is 1. The van der Waals surface area contributed by atoms with Crippen molar-refractivity contribution in [3.8, 4) is 0 Å². The molecule has 0 bridgehead atoms. The lowest BCUT2D eigenvalue weighted by Gasteiger charge is -2.30. The SMILES string of the molecule is CS(=O)(=O)c1nc(Cl)c(Cc2ccccc2)c(N2CCOCC2)n1. The fourth-order valence-electron chi connectivity index (χ4n) is 2.58. The average molecular weight is 368 g/mol. The fourth-order valence-corrected chi connectivity index (χ4v) is 3.37. The molecule has 0 saturated carbocycles. The molecule has 1 fully saturated rings. The van der Waals surface area contributed by atoms with Crippen molar-refractivity contribution in [2.24, 2.45) is 0 Å². The van der Waals surface area contributed by atoms with E-state index in [1.165, 1.54) is 0 Å². The van der Waals surface area contributed by atoms with Gasteiger partial charge in [-0.15, -0.1) is 0 Å². The van der Waals surface area contributed by atoms with Gasteiger partial charge in [0.1, 0.15) is 11.0 Å². The maximum Gasteiger partial charge on any atom is 0.250 e. The summed E-state index contributed by atoms with van der Waals surface area (Å²) in [6.07, 6.45) is 1.62. The van der Waals surface area contributed by atoms with Crippen LogP contribution in [-0.4, -0.2) is 50.9 Å². The molecule has 1 aliphatic heterocycles. The van der Waals surface area contributed by atoms with Crippen molar-refractivity contribution < 1.29 is 13.2 Å². The van der Waals surface area contributed by atoms with Crippen LogP contribution in [0.3, 0.4) is 0 Å². The van der Waals surface area contributed by atoms with Gasteiger partial charge in [0.2, 0.25) is 15.0 Å². The van der Waals surface area contributed by atoms with E-state index < -0.39 is 9.84 Å². The van der Waals surface area contributed by atoms with E-state index in [1.54, 1.807) is 0 Å². The van der Waals surface area contributed by atoms with Crippen LogP contribution in [0.5, 0.6) is 0 Å². The summed E-state index contributed by atoms with van der Waals surface area (Å²) in [5.41, 5.74) is 1.79. The Morgan fingerprint density at radius 2 is 1.83 bits per heavy atom. The van der Waals surface area contributed by atoms with E-state index in [9.17, 15) is 8.42 Å². The topological polar surface area (TPSA) is 72.4 Å². The Morgan fingerprint density at radius 3 is 2.46 bits per heavy atom. The molecule has 8 heteroatoms. The molecule has 2 heterocycles. The number of ether oxygens (including phenoxy) is 1. The maximum absolute atomic E-state index is 11.9. The summed E-state index contributed by atoms with van der Waals surface area (Å²) in [6, 6.07) is 9.82. The number of nitrogens with zero attached hydrogens (tertiary/aromatic N) is 3. The predicted molar refractivity (Wildman–Crippen MR) is 92.4 cm³/mol. The van der Waals surface area contributed by atoms with Gasteiger partial charge >= 0.3 is 0 Å². The van der Waals surface area contributed by atoms with Crippen molar-refractivity contribution in [1.29, 1.82) is 0 Å². The van der Waals surface area contributed by atoms with Gasteiger partial charge in [-0.1, -0.05) is 41.9 Å². The second-order valence-corrected chi connectivity index (χ2v) is 7.90. The summed E-state index contributed by atoms with van der Waals surface area (Å²) in [6.45, 7) is 2.41. The molecule has 0 atom stereocenters. The molecule has 1 aliphatic rings. The lowest BCUT2D eigenvalue weighted by Crippen LogP contribution is -2.37. The molecule has 6 nitrogen and oxygen atoms in total. The molecule has 3 rings (SSSR count). The van der Waals surface area contributed by atoms with E-state index in [2.05, 4.69) is 9.97 Å². The highest BCUT2D eigenvalue weighted by atomic mass is 35.5. The van der Waals surface area contributed by atoms with Crippen LogP contribution in [0.15, 0.2) is 35.5 Å². The van der Waals surface area contributed by atoms with Crippen LogP contribution in [0.2, 0.25) is 5.15 Å². The fraction of sp³-hybridized carbons (Fsp3) is 0.375. The van der Waals surface area contributed by atoms with E-state index >= 15 is 0 Å². The summed E-state index contributed by atoms with van der Waals surface area (Å²) in [5, 5.41) is -0.0680. The first-order valence-electron chi connectivity index (χ1n) is 7.58. The van der Waals surface area contributed by atoms with Gasteiger partial charge in [0.05, 0.1) is 13.2 Å². The Hall–Kier alpha value is -1.70. The van der Waals surface area contributed by atoms with Gasteiger partial charge in [-0.3, -0.25) is 0 Å². The van der Waals surface area contributed by atoms with Gasteiger partial charge < -0.3 is 9.64 Å². The van der Waals surface area contributed by atoms with E-state index in [0.717, 1.165) is 17.4 Å². The highest BCUT2D eigenvalue weighted by Gasteiger charge is 2.24. The van der Waals surface area contributed by atoms with Crippen LogP contribution >= 0.6 is 11.6 Å². The monoisotopic (exact) mass is 367 g/mol.